The van der Waals surface area contributed by atoms with Crippen LogP contribution in [0.4, 0.5) is 0 Å². The zero-order valence-corrected chi connectivity index (χ0v) is 26.6. The van der Waals surface area contributed by atoms with Crippen molar-refractivity contribution in [1.29, 1.82) is 0 Å². The van der Waals surface area contributed by atoms with E-state index in [-0.39, 0.29) is 34.1 Å². The van der Waals surface area contributed by atoms with E-state index in [2.05, 4.69) is 61.2 Å². The van der Waals surface area contributed by atoms with Crippen molar-refractivity contribution in [3.63, 3.8) is 0 Å². The van der Waals surface area contributed by atoms with Crippen LogP contribution in [0.5, 0.6) is 0 Å². The number of allylic oxidation sites excluding steroid dienone is 4. The van der Waals surface area contributed by atoms with E-state index in [9.17, 15) is 15.0 Å². The number of piperidine rings is 1. The first-order chi connectivity index (χ1) is 21.1. The van der Waals surface area contributed by atoms with E-state index >= 15 is 0 Å². The zero-order chi connectivity index (χ0) is 30.4. The first-order valence-electron chi connectivity index (χ1n) is 17.4. The molecule has 1 saturated heterocycles. The minimum atomic E-state index is -0.746. The van der Waals surface area contributed by atoms with Crippen LogP contribution in [0.1, 0.15) is 88.4 Å². The van der Waals surface area contributed by atoms with Gasteiger partial charge in [0.25, 0.3) is 0 Å². The molecule has 0 radical (unpaired) electrons. The highest BCUT2D eigenvalue weighted by molar-refractivity contribution is 6.10. The Bertz CT molecular complexity index is 1510. The summed E-state index contributed by atoms with van der Waals surface area (Å²) in [6.07, 6.45) is 16.9. The Morgan fingerprint density at radius 3 is 2.23 bits per heavy atom. The van der Waals surface area contributed by atoms with Gasteiger partial charge in [0.05, 0.1) is 11.7 Å². The van der Waals surface area contributed by atoms with Crippen molar-refractivity contribution in [1.82, 2.24) is 4.90 Å². The number of aliphatic hydroxyl groups is 2. The van der Waals surface area contributed by atoms with Gasteiger partial charge in [-0.3, -0.25) is 4.79 Å². The van der Waals surface area contributed by atoms with E-state index in [0.29, 0.717) is 12.3 Å². The molecule has 0 aromatic heterocycles. The number of fused-ring (bicyclic) bond motifs is 1. The minimum Gasteiger partial charge on any atom is -0.393 e. The molecule has 2 spiro atoms. The monoisotopic (exact) mass is 591 g/mol. The van der Waals surface area contributed by atoms with Crippen LogP contribution in [0.25, 0.3) is 11.1 Å². The standard InChI is InChI=1S/C40H49NO3/c1-36-18-15-31(42)25-38(36)21-22-40(32(26-38)35(43)30-13-11-29(12-14-30)28-9-5-3-6-10-28)33(36)16-19-37(2)34(40)17-20-39(37,44)27-41-23-7-4-8-24-41/h3,5-6,9-14,21-22,26,31,33-34,42,44H,4,7-8,15-20,23-25,27H2,1-2H3/t31?,33-,34-,36-,37+,38+,39-,40-/m1/s1. The van der Waals surface area contributed by atoms with Crippen molar-refractivity contribution >= 4 is 5.78 Å². The van der Waals surface area contributed by atoms with E-state index in [1.165, 1.54) is 19.3 Å². The third-order valence-electron chi connectivity index (χ3n) is 14.1. The number of benzene rings is 2. The molecule has 6 aliphatic carbocycles. The van der Waals surface area contributed by atoms with E-state index in [1.807, 2.05) is 30.3 Å². The van der Waals surface area contributed by atoms with Gasteiger partial charge in [-0.05, 0) is 99.3 Å². The van der Waals surface area contributed by atoms with Gasteiger partial charge < -0.3 is 15.1 Å². The van der Waals surface area contributed by atoms with Gasteiger partial charge >= 0.3 is 0 Å². The van der Waals surface area contributed by atoms with E-state index in [0.717, 1.165) is 80.4 Å². The van der Waals surface area contributed by atoms with Gasteiger partial charge in [0.1, 0.15) is 0 Å². The normalized spacial score (nSPS) is 42.7. The Morgan fingerprint density at radius 1 is 0.818 bits per heavy atom. The van der Waals surface area contributed by atoms with Gasteiger partial charge in [0.15, 0.2) is 5.78 Å². The second kappa shape index (κ2) is 9.98. The Morgan fingerprint density at radius 2 is 1.48 bits per heavy atom. The highest BCUT2D eigenvalue weighted by Gasteiger charge is 2.74. The lowest BCUT2D eigenvalue weighted by molar-refractivity contribution is -0.176. The van der Waals surface area contributed by atoms with Gasteiger partial charge in [0.2, 0.25) is 0 Å². The molecule has 1 aliphatic heterocycles. The predicted molar refractivity (Wildman–Crippen MR) is 175 cm³/mol. The molecule has 4 heteroatoms. The number of rotatable bonds is 5. The van der Waals surface area contributed by atoms with Crippen molar-refractivity contribution in [3.05, 3.63) is 84.0 Å². The average molecular weight is 592 g/mol. The van der Waals surface area contributed by atoms with E-state index < -0.39 is 11.0 Å². The summed E-state index contributed by atoms with van der Waals surface area (Å²) in [7, 11) is 0. The Hall–Kier alpha value is -2.53. The Kier molecular flexibility index (Phi) is 6.56. The van der Waals surface area contributed by atoms with Crippen molar-refractivity contribution < 1.29 is 15.0 Å². The molecule has 2 aromatic rings. The van der Waals surface area contributed by atoms with Gasteiger partial charge in [-0.2, -0.15) is 0 Å². The van der Waals surface area contributed by atoms with E-state index in [4.69, 9.17) is 0 Å². The first-order valence-corrected chi connectivity index (χ1v) is 17.4. The number of hydrogen-bond acceptors (Lipinski definition) is 4. The summed E-state index contributed by atoms with van der Waals surface area (Å²) >= 11 is 0. The van der Waals surface area contributed by atoms with Gasteiger partial charge in [-0.25, -0.2) is 0 Å². The van der Waals surface area contributed by atoms with Crippen molar-refractivity contribution in [3.8, 4) is 11.1 Å². The predicted octanol–water partition coefficient (Wildman–Crippen LogP) is 7.61. The highest BCUT2D eigenvalue weighted by atomic mass is 16.3. The Balaban J connectivity index is 1.22. The minimum absolute atomic E-state index is 0.00314. The summed E-state index contributed by atoms with van der Waals surface area (Å²) < 4.78 is 0. The topological polar surface area (TPSA) is 60.8 Å². The average Bonchev–Trinajstić information content (AvgIpc) is 3.31. The van der Waals surface area contributed by atoms with Crippen LogP contribution < -0.4 is 0 Å². The van der Waals surface area contributed by atoms with Crippen molar-refractivity contribution in [2.75, 3.05) is 19.6 Å². The maximum atomic E-state index is 14.9. The lowest BCUT2D eigenvalue weighted by atomic mass is 9.32. The molecule has 3 saturated carbocycles. The number of nitrogens with zero attached hydrogens (tertiary/aromatic N) is 1. The second-order valence-corrected chi connectivity index (χ2v) is 15.9. The lowest BCUT2D eigenvalue weighted by Crippen LogP contribution is -2.67. The quantitative estimate of drug-likeness (QED) is 0.278. The summed E-state index contributed by atoms with van der Waals surface area (Å²) in [4.78, 5) is 17.4. The molecular formula is C40H49NO3. The molecule has 0 amide bonds. The van der Waals surface area contributed by atoms with Crippen LogP contribution in [0.2, 0.25) is 0 Å². The molecule has 232 valence electrons. The van der Waals surface area contributed by atoms with Crippen molar-refractivity contribution in [2.45, 2.75) is 89.8 Å². The molecule has 4 fully saturated rings. The van der Waals surface area contributed by atoms with Crippen LogP contribution in [0.3, 0.4) is 0 Å². The number of aliphatic hydroxyl groups excluding tert-OH is 1. The molecule has 7 aliphatic rings. The number of β-amino-alcohol motifs (C(OH)–C–C–N with tert-alkyl or cyclic N) is 1. The molecule has 2 bridgehead atoms. The van der Waals surface area contributed by atoms with Crippen LogP contribution in [0.15, 0.2) is 78.4 Å². The number of carbonyl (C=O) groups excluding carboxylic acids is 1. The molecule has 1 unspecified atom stereocenters. The summed E-state index contributed by atoms with van der Waals surface area (Å²) in [5, 5.41) is 23.6. The molecule has 9 rings (SSSR count). The summed E-state index contributed by atoms with van der Waals surface area (Å²) in [5.41, 5.74) is 2.25. The second-order valence-electron chi connectivity index (χ2n) is 15.9. The van der Waals surface area contributed by atoms with Crippen LogP contribution >= 0.6 is 0 Å². The smallest absolute Gasteiger partial charge is 0.189 e. The maximum Gasteiger partial charge on any atom is 0.189 e. The van der Waals surface area contributed by atoms with Crippen LogP contribution in [0, 0.1) is 33.5 Å². The molecule has 8 atom stereocenters. The fraction of sp³-hybridized carbons (Fsp3) is 0.575. The van der Waals surface area contributed by atoms with Gasteiger partial charge in [-0.1, -0.05) is 93.1 Å². The fourth-order valence-electron chi connectivity index (χ4n) is 11.7. The summed E-state index contributed by atoms with van der Waals surface area (Å²) in [6, 6.07) is 18.5. The number of carbonyl (C=O) groups is 1. The van der Waals surface area contributed by atoms with Crippen LogP contribution in [-0.4, -0.2) is 52.2 Å². The molecular weight excluding hydrogens is 542 g/mol. The third kappa shape index (κ3) is 3.83. The molecule has 4 nitrogen and oxygen atoms in total. The van der Waals surface area contributed by atoms with Crippen LogP contribution in [-0.2, 0) is 0 Å². The number of ketones is 1. The molecule has 44 heavy (non-hydrogen) atoms. The lowest BCUT2D eigenvalue weighted by Gasteiger charge is -2.71. The van der Waals surface area contributed by atoms with Gasteiger partial charge in [-0.15, -0.1) is 0 Å². The summed E-state index contributed by atoms with van der Waals surface area (Å²) in [5.74, 6) is 0.673. The molecule has 2 N–H and O–H groups in total. The fourth-order valence-corrected chi connectivity index (χ4v) is 11.7. The SMILES string of the molecule is C[C@]12CC[C@H]3[C@]4(C=C[C@@]5(C=C4C(=O)c4ccc(-c6ccccc6)cc4)CC(O)CC[C@]35C)[C@@H]1CC[C@@]2(O)CN1CCCCC1. The van der Waals surface area contributed by atoms with Crippen molar-refractivity contribution in [2.24, 2.45) is 33.5 Å². The third-order valence-corrected chi connectivity index (χ3v) is 14.1. The highest BCUT2D eigenvalue weighted by Crippen LogP contribution is 2.78. The largest absolute Gasteiger partial charge is 0.393 e. The number of Topliss-reactive ketones (excluding diaryl/α,β-unsaturated/α-hetero) is 1. The first kappa shape index (κ1) is 28.9. The number of hydrogen-bond donors (Lipinski definition) is 2. The summed E-state index contributed by atoms with van der Waals surface area (Å²) in [6.45, 7) is 7.76. The Labute approximate surface area is 263 Å². The van der Waals surface area contributed by atoms with Gasteiger partial charge in [0, 0.05) is 33.9 Å². The number of likely N-dealkylation sites (tertiary alicyclic amines) is 1. The molecule has 1 heterocycles. The zero-order valence-electron chi connectivity index (χ0n) is 26.6. The van der Waals surface area contributed by atoms with E-state index in [1.54, 1.807) is 0 Å². The molecule has 2 aromatic carbocycles. The maximum absolute atomic E-state index is 14.9.